The molecule has 2 aliphatic rings. The molecule has 7 nitrogen and oxygen atoms in total. The molecule has 1 atom stereocenters. The van der Waals surface area contributed by atoms with Gasteiger partial charge in [0, 0.05) is 61.1 Å². The number of piperazine rings is 1. The van der Waals surface area contributed by atoms with Crippen LogP contribution in [0.5, 0.6) is 5.75 Å². The molecule has 0 spiro atoms. The summed E-state index contributed by atoms with van der Waals surface area (Å²) in [5, 5.41) is 0.995. The Bertz CT molecular complexity index is 1190. The number of rotatable bonds is 7. The van der Waals surface area contributed by atoms with Crippen LogP contribution in [0, 0.1) is 5.41 Å². The standard InChI is InChI=1S/C25H30Cl3N3O4S/c1-29-11-13-30(14-12-29)24(32)16-25(18-35-21-6-3-19(26)4-7-21)9-2-10-31(17-25)36(33,34)23-15-20(27)5-8-22(23)28/h3-8,15H,2,9-14,16-18H2,1H3. The molecule has 4 rings (SSSR count). The van der Waals surface area contributed by atoms with Crippen molar-refractivity contribution in [3.05, 3.63) is 57.5 Å². The van der Waals surface area contributed by atoms with E-state index < -0.39 is 15.4 Å². The fourth-order valence-electron chi connectivity index (χ4n) is 4.75. The predicted octanol–water partition coefficient (Wildman–Crippen LogP) is 4.66. The van der Waals surface area contributed by atoms with Crippen LogP contribution in [0.15, 0.2) is 47.4 Å². The van der Waals surface area contributed by atoms with Gasteiger partial charge in [-0.2, -0.15) is 4.31 Å². The van der Waals surface area contributed by atoms with Crippen LogP contribution in [0.4, 0.5) is 0 Å². The number of hydrogen-bond donors (Lipinski definition) is 0. The highest BCUT2D eigenvalue weighted by Crippen LogP contribution is 2.39. The zero-order valence-corrected chi connectivity index (χ0v) is 23.2. The third-order valence-corrected chi connectivity index (χ3v) is 9.69. The molecule has 0 aliphatic carbocycles. The number of benzene rings is 2. The zero-order valence-electron chi connectivity index (χ0n) is 20.1. The molecular formula is C25H30Cl3N3O4S. The van der Waals surface area contributed by atoms with Gasteiger partial charge in [0.25, 0.3) is 0 Å². The number of ether oxygens (including phenoxy) is 1. The highest BCUT2D eigenvalue weighted by molar-refractivity contribution is 7.89. The molecule has 2 aliphatic heterocycles. The minimum Gasteiger partial charge on any atom is -0.493 e. The molecular weight excluding hydrogens is 545 g/mol. The van der Waals surface area contributed by atoms with E-state index in [1.165, 1.54) is 16.4 Å². The molecule has 2 fully saturated rings. The van der Waals surface area contributed by atoms with Crippen molar-refractivity contribution in [3.63, 3.8) is 0 Å². The van der Waals surface area contributed by atoms with Gasteiger partial charge < -0.3 is 14.5 Å². The number of carbonyl (C=O) groups is 1. The summed E-state index contributed by atoms with van der Waals surface area (Å²) in [5.41, 5.74) is -0.698. The second-order valence-corrected chi connectivity index (χ2v) is 12.8. The Labute approximate surface area is 227 Å². The molecule has 0 radical (unpaired) electrons. The minimum absolute atomic E-state index is 0.0165. The first-order valence-corrected chi connectivity index (χ1v) is 14.5. The third-order valence-electron chi connectivity index (χ3n) is 6.88. The van der Waals surface area contributed by atoms with E-state index in [9.17, 15) is 13.2 Å². The summed E-state index contributed by atoms with van der Waals surface area (Å²) in [5.74, 6) is 0.631. The van der Waals surface area contributed by atoms with Gasteiger partial charge in [-0.3, -0.25) is 4.79 Å². The number of halogens is 3. The maximum Gasteiger partial charge on any atom is 0.244 e. The van der Waals surface area contributed by atoms with Crippen LogP contribution in [0.2, 0.25) is 15.1 Å². The summed E-state index contributed by atoms with van der Waals surface area (Å²) in [6.07, 6.45) is 1.45. The van der Waals surface area contributed by atoms with E-state index in [0.29, 0.717) is 43.2 Å². The Hall–Kier alpha value is -1.55. The number of amides is 1. The van der Waals surface area contributed by atoms with Crippen LogP contribution >= 0.6 is 34.8 Å². The topological polar surface area (TPSA) is 70.2 Å². The van der Waals surface area contributed by atoms with Crippen molar-refractivity contribution in [1.82, 2.24) is 14.1 Å². The van der Waals surface area contributed by atoms with E-state index in [2.05, 4.69) is 4.90 Å². The van der Waals surface area contributed by atoms with E-state index in [4.69, 9.17) is 39.5 Å². The quantitative estimate of drug-likeness (QED) is 0.481. The smallest absolute Gasteiger partial charge is 0.244 e. The zero-order chi connectivity index (χ0) is 25.9. The molecule has 0 N–H and O–H groups in total. The molecule has 0 bridgehead atoms. The van der Waals surface area contributed by atoms with Gasteiger partial charge in [0.2, 0.25) is 15.9 Å². The molecule has 2 saturated heterocycles. The van der Waals surface area contributed by atoms with Gasteiger partial charge >= 0.3 is 0 Å². The third kappa shape index (κ3) is 6.47. The van der Waals surface area contributed by atoms with Crippen molar-refractivity contribution in [2.45, 2.75) is 24.2 Å². The highest BCUT2D eigenvalue weighted by atomic mass is 35.5. The van der Waals surface area contributed by atoms with Gasteiger partial charge in [-0.1, -0.05) is 34.8 Å². The molecule has 2 aromatic rings. The summed E-state index contributed by atoms with van der Waals surface area (Å²) >= 11 is 18.3. The second-order valence-electron chi connectivity index (χ2n) is 9.62. The molecule has 2 aromatic carbocycles. The molecule has 1 unspecified atom stereocenters. The average molecular weight is 575 g/mol. The van der Waals surface area contributed by atoms with Gasteiger partial charge in [-0.25, -0.2) is 8.42 Å². The molecule has 0 aromatic heterocycles. The number of likely N-dealkylation sites (N-methyl/N-ethyl adjacent to an activating group) is 1. The molecule has 1 amide bonds. The van der Waals surface area contributed by atoms with Crippen molar-refractivity contribution < 1.29 is 17.9 Å². The summed E-state index contributed by atoms with van der Waals surface area (Å²) < 4.78 is 34.7. The Morgan fingerprint density at radius 1 is 0.972 bits per heavy atom. The lowest BCUT2D eigenvalue weighted by atomic mass is 9.78. The fourth-order valence-corrected chi connectivity index (χ4v) is 7.21. The van der Waals surface area contributed by atoms with E-state index in [0.717, 1.165) is 13.1 Å². The van der Waals surface area contributed by atoms with Gasteiger partial charge in [0.1, 0.15) is 10.6 Å². The fraction of sp³-hybridized carbons (Fsp3) is 0.480. The van der Waals surface area contributed by atoms with E-state index in [1.807, 2.05) is 11.9 Å². The lowest BCUT2D eigenvalue weighted by molar-refractivity contribution is -0.136. The monoisotopic (exact) mass is 573 g/mol. The normalized spacial score (nSPS) is 21.9. The summed E-state index contributed by atoms with van der Waals surface area (Å²) in [6.45, 7) is 3.61. The van der Waals surface area contributed by atoms with E-state index in [1.54, 1.807) is 30.3 Å². The second kappa shape index (κ2) is 11.5. The highest BCUT2D eigenvalue weighted by Gasteiger charge is 2.43. The number of sulfonamides is 1. The lowest BCUT2D eigenvalue weighted by Crippen LogP contribution is -2.53. The van der Waals surface area contributed by atoms with E-state index in [-0.39, 0.29) is 40.4 Å². The Kier molecular flexibility index (Phi) is 8.75. The predicted molar refractivity (Wildman–Crippen MR) is 143 cm³/mol. The summed E-state index contributed by atoms with van der Waals surface area (Å²) in [6, 6.07) is 11.4. The van der Waals surface area contributed by atoms with Crippen LogP contribution < -0.4 is 4.74 Å². The van der Waals surface area contributed by atoms with Crippen molar-refractivity contribution in [1.29, 1.82) is 0 Å². The molecule has 196 valence electrons. The van der Waals surface area contributed by atoms with E-state index >= 15 is 0 Å². The van der Waals surface area contributed by atoms with Crippen LogP contribution in [0.3, 0.4) is 0 Å². The Morgan fingerprint density at radius 2 is 1.64 bits per heavy atom. The first-order chi connectivity index (χ1) is 17.1. The Morgan fingerprint density at radius 3 is 2.33 bits per heavy atom. The largest absolute Gasteiger partial charge is 0.493 e. The van der Waals surface area contributed by atoms with Gasteiger partial charge in [-0.05, 0) is 62.4 Å². The first-order valence-electron chi connectivity index (χ1n) is 11.9. The molecule has 2 heterocycles. The Balaban J connectivity index is 1.59. The van der Waals surface area contributed by atoms with Crippen LogP contribution in [0.25, 0.3) is 0 Å². The van der Waals surface area contributed by atoms with Crippen LogP contribution in [0.1, 0.15) is 19.3 Å². The molecule has 0 saturated carbocycles. The number of hydrogen-bond acceptors (Lipinski definition) is 5. The molecule has 11 heteroatoms. The van der Waals surface area contributed by atoms with Crippen molar-refractivity contribution in [2.75, 3.05) is 52.9 Å². The van der Waals surface area contributed by atoms with Crippen molar-refractivity contribution in [3.8, 4) is 5.75 Å². The number of piperidine rings is 1. The molecule has 36 heavy (non-hydrogen) atoms. The van der Waals surface area contributed by atoms with Crippen LogP contribution in [-0.2, 0) is 14.8 Å². The first kappa shape index (κ1) is 27.5. The lowest BCUT2D eigenvalue weighted by Gasteiger charge is -2.43. The van der Waals surface area contributed by atoms with Gasteiger partial charge in [-0.15, -0.1) is 0 Å². The van der Waals surface area contributed by atoms with Gasteiger partial charge in [0.05, 0.1) is 11.6 Å². The van der Waals surface area contributed by atoms with Gasteiger partial charge in [0.15, 0.2) is 0 Å². The maximum absolute atomic E-state index is 13.6. The average Bonchev–Trinajstić information content (AvgIpc) is 2.85. The van der Waals surface area contributed by atoms with Crippen molar-refractivity contribution in [2.24, 2.45) is 5.41 Å². The summed E-state index contributed by atoms with van der Waals surface area (Å²) in [7, 11) is -1.89. The minimum atomic E-state index is -3.93. The van der Waals surface area contributed by atoms with Crippen LogP contribution in [-0.4, -0.2) is 81.4 Å². The summed E-state index contributed by atoms with van der Waals surface area (Å²) in [4.78, 5) is 17.4. The number of carbonyl (C=O) groups excluding carboxylic acids is 1. The SMILES string of the molecule is CN1CCN(C(=O)CC2(COc3ccc(Cl)cc3)CCCN(S(=O)(=O)c3cc(Cl)ccc3Cl)C2)CC1. The van der Waals surface area contributed by atoms with Crippen molar-refractivity contribution >= 4 is 50.7 Å². The maximum atomic E-state index is 13.6. The number of nitrogens with zero attached hydrogens (tertiary/aromatic N) is 3.